The van der Waals surface area contributed by atoms with Crippen LogP contribution in [0.1, 0.15) is 39.5 Å². The lowest BCUT2D eigenvalue weighted by Crippen LogP contribution is -2.30. The van der Waals surface area contributed by atoms with Crippen molar-refractivity contribution in [1.29, 1.82) is 0 Å². The van der Waals surface area contributed by atoms with Crippen molar-refractivity contribution in [3.8, 4) is 0 Å². The summed E-state index contributed by atoms with van der Waals surface area (Å²) in [6.45, 7) is 4.19. The highest BCUT2D eigenvalue weighted by atomic mass is 15.1. The second kappa shape index (κ2) is 11.3. The molecule has 1 fully saturated rings. The first kappa shape index (κ1) is 26.2. The van der Waals surface area contributed by atoms with Crippen molar-refractivity contribution in [2.24, 2.45) is 9.98 Å². The Morgan fingerprint density at radius 2 is 0.810 bits per heavy atom. The Bertz CT molecular complexity index is 1730. The van der Waals surface area contributed by atoms with Gasteiger partial charge in [0.2, 0.25) is 0 Å². The lowest BCUT2D eigenvalue weighted by Gasteiger charge is -2.27. The molecule has 0 unspecified atom stereocenters. The second-order valence-electron chi connectivity index (χ2n) is 11.5. The molecule has 0 radical (unpaired) electrons. The number of nitrogens with zero attached hydrogens (tertiary/aromatic N) is 2. The van der Waals surface area contributed by atoms with Gasteiger partial charge in [-0.1, -0.05) is 110 Å². The van der Waals surface area contributed by atoms with E-state index in [9.17, 15) is 0 Å². The summed E-state index contributed by atoms with van der Waals surface area (Å²) in [4.78, 5) is 10.5. The van der Waals surface area contributed by atoms with Crippen LogP contribution in [0.4, 0.5) is 11.4 Å². The molecule has 0 amide bonds. The molecule has 1 aliphatic rings. The summed E-state index contributed by atoms with van der Waals surface area (Å²) in [5, 5.41) is 17.2. The van der Waals surface area contributed by atoms with Crippen molar-refractivity contribution in [2.75, 3.05) is 10.6 Å². The van der Waals surface area contributed by atoms with Gasteiger partial charge in [0.15, 0.2) is 0 Å². The Kier molecular flexibility index (Phi) is 7.05. The first-order valence-corrected chi connectivity index (χ1v) is 15.1. The van der Waals surface area contributed by atoms with E-state index >= 15 is 0 Å². The molecule has 0 aromatic heterocycles. The van der Waals surface area contributed by atoms with Gasteiger partial charge >= 0.3 is 0 Å². The maximum atomic E-state index is 5.26. The highest BCUT2D eigenvalue weighted by Crippen LogP contribution is 2.35. The van der Waals surface area contributed by atoms with E-state index in [2.05, 4.69) is 134 Å². The zero-order valence-electron chi connectivity index (χ0n) is 24.3. The van der Waals surface area contributed by atoms with Crippen LogP contribution in [0.25, 0.3) is 43.1 Å². The Labute approximate surface area is 247 Å². The van der Waals surface area contributed by atoms with E-state index in [1.807, 2.05) is 0 Å². The molecule has 42 heavy (non-hydrogen) atoms. The minimum atomic E-state index is 0.147. The van der Waals surface area contributed by atoms with Crippen LogP contribution in [0, 0.1) is 0 Å². The lowest BCUT2D eigenvalue weighted by atomic mass is 9.91. The minimum absolute atomic E-state index is 0.147. The summed E-state index contributed by atoms with van der Waals surface area (Å²) < 4.78 is 0. The number of hydrogen-bond acceptors (Lipinski definition) is 2. The smallest absolute Gasteiger partial charge is 0.0980 e. The van der Waals surface area contributed by atoms with E-state index in [0.29, 0.717) is 0 Å². The van der Waals surface area contributed by atoms with E-state index in [-0.39, 0.29) is 12.1 Å². The molecule has 0 bridgehead atoms. The molecule has 1 aliphatic carbocycles. The quantitative estimate of drug-likeness (QED) is 0.131. The first-order valence-electron chi connectivity index (χ1n) is 15.1. The molecule has 1 saturated carbocycles. The Morgan fingerprint density at radius 3 is 1.14 bits per heavy atom. The molecule has 6 aromatic rings. The van der Waals surface area contributed by atoms with Crippen molar-refractivity contribution >= 4 is 66.1 Å². The van der Waals surface area contributed by atoms with Gasteiger partial charge in [-0.3, -0.25) is 9.98 Å². The van der Waals surface area contributed by atoms with Crippen molar-refractivity contribution in [3.05, 3.63) is 109 Å². The van der Waals surface area contributed by atoms with Crippen LogP contribution in [-0.4, -0.2) is 23.8 Å². The van der Waals surface area contributed by atoms with E-state index in [1.54, 1.807) is 0 Å². The van der Waals surface area contributed by atoms with Gasteiger partial charge in [-0.2, -0.15) is 0 Å². The second-order valence-corrected chi connectivity index (χ2v) is 11.5. The number of hydrogen-bond donors (Lipinski definition) is 2. The summed E-state index contributed by atoms with van der Waals surface area (Å²) in [6.07, 6.45) is 4.47. The maximum absolute atomic E-state index is 5.26. The van der Waals surface area contributed by atoms with Crippen LogP contribution < -0.4 is 10.6 Å². The van der Waals surface area contributed by atoms with Crippen molar-refractivity contribution < 1.29 is 0 Å². The maximum Gasteiger partial charge on any atom is 0.0980 e. The van der Waals surface area contributed by atoms with Gasteiger partial charge in [-0.05, 0) is 60.4 Å². The van der Waals surface area contributed by atoms with Crippen LogP contribution in [0.15, 0.2) is 119 Å². The fourth-order valence-corrected chi connectivity index (χ4v) is 6.61. The zero-order valence-corrected chi connectivity index (χ0v) is 24.3. The molecule has 4 nitrogen and oxygen atoms in total. The van der Waals surface area contributed by atoms with Gasteiger partial charge in [-0.15, -0.1) is 0 Å². The van der Waals surface area contributed by atoms with Gasteiger partial charge in [-0.25, -0.2) is 0 Å². The molecule has 4 heteroatoms. The van der Waals surface area contributed by atoms with Crippen LogP contribution in [0.3, 0.4) is 0 Å². The molecule has 0 spiro atoms. The molecule has 6 aromatic carbocycles. The van der Waals surface area contributed by atoms with E-state index < -0.39 is 0 Å². The van der Waals surface area contributed by atoms with E-state index in [1.165, 1.54) is 55.9 Å². The normalized spacial score (nSPS) is 18.1. The number of anilines is 2. The highest BCUT2D eigenvalue weighted by molar-refractivity contribution is 6.16. The predicted molar refractivity (Wildman–Crippen MR) is 182 cm³/mol. The first-order chi connectivity index (χ1) is 20.6. The van der Waals surface area contributed by atoms with Gasteiger partial charge < -0.3 is 10.6 Å². The minimum Gasteiger partial charge on any atom is -0.343 e. The fourth-order valence-electron chi connectivity index (χ4n) is 6.61. The third-order valence-corrected chi connectivity index (χ3v) is 8.57. The molecule has 0 heterocycles. The number of rotatable bonds is 4. The average molecular weight is 549 g/mol. The molecular formula is C38H36N4. The molecular weight excluding hydrogens is 512 g/mol. The number of fused-ring (bicyclic) bond motifs is 4. The number of aliphatic imine (C=N–C) groups is 2. The topological polar surface area (TPSA) is 48.8 Å². The Balaban J connectivity index is 1.19. The Hall–Kier alpha value is -4.70. The summed E-state index contributed by atoms with van der Waals surface area (Å²) in [5.41, 5.74) is 2.25. The van der Waals surface area contributed by atoms with E-state index in [0.717, 1.165) is 35.9 Å². The van der Waals surface area contributed by atoms with Gasteiger partial charge in [0, 0.05) is 21.5 Å². The lowest BCUT2D eigenvalue weighted by molar-refractivity contribution is 0.388. The summed E-state index contributed by atoms with van der Waals surface area (Å²) >= 11 is 0. The van der Waals surface area contributed by atoms with Crippen LogP contribution in [-0.2, 0) is 0 Å². The average Bonchev–Trinajstić information content (AvgIpc) is 3.02. The van der Waals surface area contributed by atoms with Crippen molar-refractivity contribution in [1.82, 2.24) is 0 Å². The predicted octanol–water partition coefficient (Wildman–Crippen LogP) is 9.97. The van der Waals surface area contributed by atoms with Crippen LogP contribution in [0.5, 0.6) is 0 Å². The molecule has 7 rings (SSSR count). The third-order valence-electron chi connectivity index (χ3n) is 8.57. The molecule has 2 N–H and O–H groups in total. The fraction of sp³-hybridized carbons (Fsp3) is 0.211. The van der Waals surface area contributed by atoms with Crippen LogP contribution >= 0.6 is 0 Å². The Morgan fingerprint density at radius 1 is 0.500 bits per heavy atom. The number of amidine groups is 2. The van der Waals surface area contributed by atoms with Crippen molar-refractivity contribution in [2.45, 2.75) is 51.6 Å². The summed E-state index contributed by atoms with van der Waals surface area (Å²) in [6, 6.07) is 39.1. The monoisotopic (exact) mass is 548 g/mol. The molecule has 0 saturated heterocycles. The SMILES string of the molecule is CC(=N[C@@H]1CCCC[C@H]1N=C(C)Nc1c2ccccc2cc2ccccc12)Nc1c2ccccc2cc2ccccc12. The largest absolute Gasteiger partial charge is 0.343 e. The third kappa shape index (κ3) is 5.09. The molecule has 208 valence electrons. The van der Waals surface area contributed by atoms with Gasteiger partial charge in [0.25, 0.3) is 0 Å². The summed E-state index contributed by atoms with van der Waals surface area (Å²) in [5.74, 6) is 1.88. The van der Waals surface area contributed by atoms with Crippen LogP contribution in [0.2, 0.25) is 0 Å². The summed E-state index contributed by atoms with van der Waals surface area (Å²) in [7, 11) is 0. The van der Waals surface area contributed by atoms with Gasteiger partial charge in [0.05, 0.1) is 35.1 Å². The number of nitrogens with one attached hydrogen (secondary N) is 2. The standard InChI is InChI=1S/C38H36N4/c1-25(41-37-31-17-7-3-13-27(31)23-28-14-4-8-18-32(28)37)39-35-21-11-12-22-36(35)40-26(2)42-38-33-19-9-5-15-29(33)24-30-16-6-10-20-34(30)38/h3-10,13-20,23-24,35-36H,11-12,21-22H2,1-2H3,(H,39,41)(H,40,42)/t35-,36-/m1/s1. The van der Waals surface area contributed by atoms with Gasteiger partial charge in [0.1, 0.15) is 0 Å². The van der Waals surface area contributed by atoms with Crippen molar-refractivity contribution in [3.63, 3.8) is 0 Å². The molecule has 0 aliphatic heterocycles. The highest BCUT2D eigenvalue weighted by Gasteiger charge is 2.25. The molecule has 2 atom stereocenters. The number of benzene rings is 6. The zero-order chi connectivity index (χ0) is 28.5. The van der Waals surface area contributed by atoms with E-state index in [4.69, 9.17) is 9.98 Å².